The normalized spacial score (nSPS) is 30.2. The van der Waals surface area contributed by atoms with Crippen molar-refractivity contribution in [3.05, 3.63) is 71.3 Å². The molecule has 1 saturated carbocycles. The Hall–Kier alpha value is -2.85. The zero-order valence-electron chi connectivity index (χ0n) is 26.9. The Kier molecular flexibility index (Phi) is 9.35. The molecule has 3 fully saturated rings. The molecule has 242 valence electrons. The van der Waals surface area contributed by atoms with Crippen LogP contribution in [0.2, 0.25) is 0 Å². The van der Waals surface area contributed by atoms with Gasteiger partial charge in [0.2, 0.25) is 0 Å². The molecule has 0 radical (unpaired) electrons. The van der Waals surface area contributed by atoms with E-state index in [-0.39, 0.29) is 36.3 Å². The number of hydrogen-bond acceptors (Lipinski definition) is 8. The average Bonchev–Trinajstić information content (AvgIpc) is 3.93. The summed E-state index contributed by atoms with van der Waals surface area (Å²) in [5, 5.41) is 2.82. The molecule has 2 aliphatic heterocycles. The van der Waals surface area contributed by atoms with Crippen LogP contribution in [0.1, 0.15) is 63.5 Å². The fraction of sp³-hybridized carbons (Fsp3) is 0.556. The van der Waals surface area contributed by atoms with E-state index in [0.29, 0.717) is 25.2 Å². The predicted molar refractivity (Wildman–Crippen MR) is 174 cm³/mol. The van der Waals surface area contributed by atoms with Crippen LogP contribution >= 0.6 is 11.8 Å². The highest BCUT2D eigenvalue weighted by Crippen LogP contribution is 2.59. The number of amides is 1. The summed E-state index contributed by atoms with van der Waals surface area (Å²) in [6.45, 7) is 7.13. The molecule has 6 rings (SSSR count). The number of thioether (sulfide) groups is 1. The van der Waals surface area contributed by atoms with Crippen molar-refractivity contribution in [2.45, 2.75) is 87.9 Å². The zero-order valence-corrected chi connectivity index (χ0v) is 27.7. The van der Waals surface area contributed by atoms with Gasteiger partial charge in [-0.2, -0.15) is 11.8 Å². The van der Waals surface area contributed by atoms with Gasteiger partial charge in [0.15, 0.2) is 0 Å². The molecule has 1 unspecified atom stereocenters. The zero-order chi connectivity index (χ0) is 31.8. The first-order valence-corrected chi connectivity index (χ1v) is 17.4. The minimum absolute atomic E-state index is 0.0649. The lowest BCUT2D eigenvalue weighted by atomic mass is 9.68. The highest BCUT2D eigenvalue weighted by atomic mass is 32.2. The molecule has 1 amide bonds. The van der Waals surface area contributed by atoms with E-state index in [2.05, 4.69) is 56.4 Å². The van der Waals surface area contributed by atoms with Crippen molar-refractivity contribution in [3.63, 3.8) is 0 Å². The molecule has 1 spiro atoms. The Morgan fingerprint density at radius 3 is 2.38 bits per heavy atom. The van der Waals surface area contributed by atoms with Crippen LogP contribution in [0.25, 0.3) is 11.1 Å². The van der Waals surface area contributed by atoms with Gasteiger partial charge in [-0.15, -0.1) is 0 Å². The van der Waals surface area contributed by atoms with Gasteiger partial charge in [-0.25, -0.2) is 9.59 Å². The van der Waals surface area contributed by atoms with Gasteiger partial charge in [0.05, 0.1) is 18.6 Å². The van der Waals surface area contributed by atoms with Crippen molar-refractivity contribution >= 4 is 23.8 Å². The summed E-state index contributed by atoms with van der Waals surface area (Å²) >= 11 is 1.61. The molecule has 2 heterocycles. The Bertz CT molecular complexity index is 1390. The molecule has 0 aromatic heterocycles. The van der Waals surface area contributed by atoms with Crippen LogP contribution in [0.3, 0.4) is 0 Å². The number of carbonyl (C=O) groups excluding carboxylic acids is 2. The molecule has 8 nitrogen and oxygen atoms in total. The standard InChI is InChI=1S/C36H45NO7S/c1-22(2)14-15-30-35(3,44-30)32-31(40-4)29(16-18-36(32)21-42-36)43-33(38)28(17-19-45-5)37-34(39)41-20-27-25-12-8-6-10-23(25)24-11-7-9-13-26(24)27/h6-14,27-32H,15-21H2,1-5H3,(H,37,39)/t28?,29-,30-,31-,32-,35+,36+/m1/s1. The molecule has 2 aromatic carbocycles. The Balaban J connectivity index is 1.11. The minimum Gasteiger partial charge on any atom is -0.458 e. The maximum Gasteiger partial charge on any atom is 0.407 e. The van der Waals surface area contributed by atoms with Crippen molar-refractivity contribution < 1.29 is 33.3 Å². The van der Waals surface area contributed by atoms with Gasteiger partial charge < -0.3 is 29.0 Å². The van der Waals surface area contributed by atoms with Gasteiger partial charge in [0, 0.05) is 13.0 Å². The summed E-state index contributed by atoms with van der Waals surface area (Å²) in [5.41, 5.74) is 5.11. The third-order valence-electron chi connectivity index (χ3n) is 10.0. The first kappa shape index (κ1) is 32.1. The number of alkyl carbamates (subject to hydrolysis) is 1. The Labute approximate surface area is 270 Å². The molecule has 2 aliphatic carbocycles. The lowest BCUT2D eigenvalue weighted by Crippen LogP contribution is -2.56. The van der Waals surface area contributed by atoms with Crippen LogP contribution in [0.4, 0.5) is 4.79 Å². The predicted octanol–water partition coefficient (Wildman–Crippen LogP) is 6.27. The van der Waals surface area contributed by atoms with Crippen LogP contribution in [0.5, 0.6) is 0 Å². The number of esters is 1. The number of epoxide rings is 2. The number of nitrogens with one attached hydrogen (secondary N) is 1. The third kappa shape index (κ3) is 6.42. The van der Waals surface area contributed by atoms with E-state index in [9.17, 15) is 9.59 Å². The second-order valence-electron chi connectivity index (χ2n) is 13.2. The van der Waals surface area contributed by atoms with E-state index in [1.165, 1.54) is 5.57 Å². The summed E-state index contributed by atoms with van der Waals surface area (Å²) in [4.78, 5) is 26.8. The molecule has 2 saturated heterocycles. The second kappa shape index (κ2) is 13.1. The number of fused-ring (bicyclic) bond motifs is 3. The molecule has 7 atom stereocenters. The number of rotatable bonds is 12. The van der Waals surface area contributed by atoms with Crippen LogP contribution in [0, 0.1) is 5.92 Å². The number of allylic oxidation sites excluding steroid dienone is 1. The lowest BCUT2D eigenvalue weighted by Gasteiger charge is -2.43. The number of methoxy groups -OCH3 is 1. The van der Waals surface area contributed by atoms with Gasteiger partial charge in [0.1, 0.15) is 36.1 Å². The summed E-state index contributed by atoms with van der Waals surface area (Å²) in [6.07, 6.45) is 5.38. The lowest BCUT2D eigenvalue weighted by molar-refractivity contribution is -0.174. The fourth-order valence-corrected chi connectivity index (χ4v) is 8.04. The molecule has 2 aromatic rings. The van der Waals surface area contributed by atoms with Crippen LogP contribution < -0.4 is 5.32 Å². The van der Waals surface area contributed by atoms with Gasteiger partial charge in [-0.3, -0.25) is 0 Å². The molecule has 9 heteroatoms. The van der Waals surface area contributed by atoms with Gasteiger partial charge in [-0.1, -0.05) is 60.2 Å². The van der Waals surface area contributed by atoms with E-state index >= 15 is 0 Å². The monoisotopic (exact) mass is 635 g/mol. The molecule has 1 N–H and O–H groups in total. The second-order valence-corrected chi connectivity index (χ2v) is 14.1. The maximum atomic E-state index is 13.7. The number of hydrogen-bond donors (Lipinski definition) is 1. The highest BCUT2D eigenvalue weighted by Gasteiger charge is 2.72. The van der Waals surface area contributed by atoms with Gasteiger partial charge in [-0.05, 0) is 80.7 Å². The van der Waals surface area contributed by atoms with Crippen molar-refractivity contribution in [1.29, 1.82) is 0 Å². The van der Waals surface area contributed by atoms with Gasteiger partial charge >= 0.3 is 12.1 Å². The van der Waals surface area contributed by atoms with Crippen LogP contribution in [-0.2, 0) is 28.5 Å². The van der Waals surface area contributed by atoms with Crippen molar-refractivity contribution in [1.82, 2.24) is 5.32 Å². The van der Waals surface area contributed by atoms with Crippen LogP contribution in [-0.4, -0.2) is 80.0 Å². The SMILES string of the molecule is CO[C@@H]1[C@H](OC(=O)C(CCSC)NC(=O)OCC2c3ccccc3-c3ccccc32)CC[C@]2(CO2)[C@H]1[C@@]1(C)O[C@@H]1CC=C(C)C. The van der Waals surface area contributed by atoms with E-state index in [1.807, 2.05) is 30.5 Å². The average molecular weight is 636 g/mol. The third-order valence-corrected chi connectivity index (χ3v) is 10.7. The maximum absolute atomic E-state index is 13.7. The van der Waals surface area contributed by atoms with Crippen molar-refractivity contribution in [2.75, 3.05) is 32.3 Å². The molecule has 4 aliphatic rings. The quantitative estimate of drug-likeness (QED) is 0.166. The fourth-order valence-electron chi connectivity index (χ4n) is 7.57. The summed E-state index contributed by atoms with van der Waals surface area (Å²) in [6, 6.07) is 15.6. The minimum atomic E-state index is -0.838. The van der Waals surface area contributed by atoms with E-state index in [1.54, 1.807) is 18.9 Å². The van der Waals surface area contributed by atoms with E-state index in [4.69, 9.17) is 23.7 Å². The molecular weight excluding hydrogens is 590 g/mol. The topological polar surface area (TPSA) is 98.9 Å². The number of carbonyl (C=O) groups is 2. The van der Waals surface area contributed by atoms with Crippen molar-refractivity contribution in [2.24, 2.45) is 5.92 Å². The molecule has 45 heavy (non-hydrogen) atoms. The largest absolute Gasteiger partial charge is 0.458 e. The Morgan fingerprint density at radius 1 is 1.11 bits per heavy atom. The van der Waals surface area contributed by atoms with Gasteiger partial charge in [0.25, 0.3) is 0 Å². The smallest absolute Gasteiger partial charge is 0.407 e. The number of benzene rings is 2. The first-order chi connectivity index (χ1) is 21.7. The van der Waals surface area contributed by atoms with E-state index in [0.717, 1.165) is 35.1 Å². The molecule has 0 bridgehead atoms. The summed E-state index contributed by atoms with van der Waals surface area (Å²) in [5.74, 6) is 0.0695. The van der Waals surface area contributed by atoms with E-state index < -0.39 is 29.8 Å². The Morgan fingerprint density at radius 2 is 1.78 bits per heavy atom. The highest BCUT2D eigenvalue weighted by molar-refractivity contribution is 7.98. The van der Waals surface area contributed by atoms with Crippen LogP contribution in [0.15, 0.2) is 60.2 Å². The van der Waals surface area contributed by atoms with Crippen molar-refractivity contribution in [3.8, 4) is 11.1 Å². The number of ether oxygens (including phenoxy) is 5. The first-order valence-electron chi connectivity index (χ1n) is 16.0. The summed E-state index contributed by atoms with van der Waals surface area (Å²) in [7, 11) is 1.66. The summed E-state index contributed by atoms with van der Waals surface area (Å²) < 4.78 is 30.3. The molecular formula is C36H45NO7S.